The molecule has 0 bridgehead atoms. The van der Waals surface area contributed by atoms with Crippen molar-refractivity contribution in [2.75, 3.05) is 132 Å². The van der Waals surface area contributed by atoms with E-state index in [1.807, 2.05) is 20.8 Å². The lowest BCUT2D eigenvalue weighted by atomic mass is 10.0. The minimum absolute atomic E-state index is 0.384. The van der Waals surface area contributed by atoms with Crippen LogP contribution >= 0.6 is 0 Å². The Balaban J connectivity index is 1.70. The third-order valence-electron chi connectivity index (χ3n) is 7.38. The van der Waals surface area contributed by atoms with Crippen LogP contribution in [0.15, 0.2) is 24.3 Å². The van der Waals surface area contributed by atoms with Gasteiger partial charge in [0.2, 0.25) is 0 Å². The van der Waals surface area contributed by atoms with Crippen LogP contribution in [0.4, 0.5) is 4.79 Å². The van der Waals surface area contributed by atoms with Crippen molar-refractivity contribution in [3.8, 4) is 5.75 Å². The lowest BCUT2D eigenvalue weighted by Crippen LogP contribution is -2.34. The first kappa shape index (κ1) is 48.9. The molecule has 1 N–H and O–H groups in total. The molecule has 0 fully saturated rings. The summed E-state index contributed by atoms with van der Waals surface area (Å²) in [6.45, 7) is 17.5. The number of hydrogen-bond acceptors (Lipinski definition) is 12. The van der Waals surface area contributed by atoms with E-state index in [-0.39, 0.29) is 0 Å². The third-order valence-corrected chi connectivity index (χ3v) is 7.38. The molecule has 0 aliphatic carbocycles. The quantitative estimate of drug-likeness (QED) is 0.0787. The van der Waals surface area contributed by atoms with E-state index < -0.39 is 11.7 Å². The number of rotatable bonds is 39. The van der Waals surface area contributed by atoms with Crippen LogP contribution in [-0.4, -0.2) is 144 Å². The second-order valence-corrected chi connectivity index (χ2v) is 13.3. The molecule has 0 aromatic heterocycles. The fraction of sp³-hybridized carbons (Fsp3) is 0.825. The van der Waals surface area contributed by atoms with Crippen LogP contribution in [0, 0.1) is 0 Å². The second-order valence-electron chi connectivity index (χ2n) is 13.3. The summed E-state index contributed by atoms with van der Waals surface area (Å²) >= 11 is 0. The number of nitrogens with one attached hydrogen (secondary N) is 1. The van der Waals surface area contributed by atoms with Crippen LogP contribution in [0.3, 0.4) is 0 Å². The SMILES string of the molecule is CCCCCCCCCc1ccc(OCCOCCOCCOCCOCCOCCOCCOCCOCCOCCNC(=O)OC(C)(C)C)cc1. The summed E-state index contributed by atoms with van der Waals surface area (Å²) in [6.07, 6.45) is 10.0. The minimum atomic E-state index is -0.511. The lowest BCUT2D eigenvalue weighted by Gasteiger charge is -2.19. The lowest BCUT2D eigenvalue weighted by molar-refractivity contribution is -0.0253. The Bertz CT molecular complexity index is 916. The van der Waals surface area contributed by atoms with Crippen LogP contribution in [0.1, 0.15) is 78.2 Å². The van der Waals surface area contributed by atoms with E-state index in [4.69, 9.17) is 52.1 Å². The summed E-state index contributed by atoms with van der Waals surface area (Å²) in [4.78, 5) is 11.5. The monoisotopic (exact) mass is 760 g/mol. The molecule has 310 valence electrons. The Morgan fingerprint density at radius 3 is 1.25 bits per heavy atom. The van der Waals surface area contributed by atoms with Crippen molar-refractivity contribution in [3.05, 3.63) is 29.8 Å². The molecule has 0 unspecified atom stereocenters. The zero-order valence-electron chi connectivity index (χ0n) is 33.5. The molecule has 1 rings (SSSR count). The zero-order valence-corrected chi connectivity index (χ0v) is 33.5. The van der Waals surface area contributed by atoms with Crippen molar-refractivity contribution in [2.24, 2.45) is 0 Å². The summed E-state index contributed by atoms with van der Waals surface area (Å²) in [5.41, 5.74) is 0.866. The third kappa shape index (κ3) is 36.7. The fourth-order valence-electron chi connectivity index (χ4n) is 4.66. The van der Waals surface area contributed by atoms with Gasteiger partial charge in [-0.15, -0.1) is 0 Å². The smallest absolute Gasteiger partial charge is 0.407 e. The average molecular weight is 760 g/mol. The average Bonchev–Trinajstić information content (AvgIpc) is 3.13. The van der Waals surface area contributed by atoms with Gasteiger partial charge in [-0.25, -0.2) is 4.79 Å². The first-order valence-corrected chi connectivity index (χ1v) is 19.8. The van der Waals surface area contributed by atoms with E-state index in [1.165, 1.54) is 50.5 Å². The minimum Gasteiger partial charge on any atom is -0.491 e. The van der Waals surface area contributed by atoms with Gasteiger partial charge in [0.15, 0.2) is 0 Å². The standard InChI is InChI=1S/C40H73NO12/c1-5-6-7-8-9-10-11-12-37-13-15-38(16-14-37)52-36-35-51-34-33-50-32-31-49-30-29-48-28-27-47-26-25-46-24-23-45-22-21-44-20-19-43-18-17-41-39(42)53-40(2,3)4/h13-16H,5-12,17-36H2,1-4H3,(H,41,42). The van der Waals surface area contributed by atoms with E-state index in [2.05, 4.69) is 36.5 Å². The number of aryl methyl sites for hydroxylation is 1. The van der Waals surface area contributed by atoms with Crippen LogP contribution in [-0.2, 0) is 53.8 Å². The normalized spacial score (nSPS) is 11.6. The van der Waals surface area contributed by atoms with Gasteiger partial charge >= 0.3 is 6.09 Å². The van der Waals surface area contributed by atoms with Crippen LogP contribution in [0.5, 0.6) is 5.75 Å². The molecule has 0 heterocycles. The van der Waals surface area contributed by atoms with Crippen molar-refractivity contribution < 1.29 is 56.9 Å². The molecular formula is C40H73NO12. The zero-order chi connectivity index (χ0) is 38.3. The number of ether oxygens (including phenoxy) is 11. The van der Waals surface area contributed by atoms with Gasteiger partial charge in [-0.1, -0.05) is 57.6 Å². The van der Waals surface area contributed by atoms with Crippen molar-refractivity contribution in [3.63, 3.8) is 0 Å². The molecule has 1 amide bonds. The maximum atomic E-state index is 11.5. The maximum Gasteiger partial charge on any atom is 0.407 e. The van der Waals surface area contributed by atoms with E-state index in [9.17, 15) is 4.79 Å². The van der Waals surface area contributed by atoms with E-state index in [1.54, 1.807) is 0 Å². The number of carbonyl (C=O) groups excluding carboxylic acids is 1. The number of carbonyl (C=O) groups is 1. The van der Waals surface area contributed by atoms with E-state index in [0.29, 0.717) is 132 Å². The summed E-state index contributed by atoms with van der Waals surface area (Å²) in [5, 5.41) is 2.63. The predicted octanol–water partition coefficient (Wildman–Crippen LogP) is 6.03. The summed E-state index contributed by atoms with van der Waals surface area (Å²) < 4.78 is 60.4. The first-order valence-electron chi connectivity index (χ1n) is 19.8. The highest BCUT2D eigenvalue weighted by atomic mass is 16.6. The van der Waals surface area contributed by atoms with Gasteiger partial charge < -0.3 is 57.4 Å². The van der Waals surface area contributed by atoms with Gasteiger partial charge in [-0.3, -0.25) is 0 Å². The highest BCUT2D eigenvalue weighted by Gasteiger charge is 2.15. The molecule has 13 nitrogen and oxygen atoms in total. The molecular weight excluding hydrogens is 686 g/mol. The molecule has 0 saturated carbocycles. The Morgan fingerprint density at radius 1 is 0.491 bits per heavy atom. The van der Waals surface area contributed by atoms with Gasteiger partial charge in [0.05, 0.1) is 119 Å². The Labute approximate surface area is 320 Å². The van der Waals surface area contributed by atoms with Crippen LogP contribution < -0.4 is 10.1 Å². The topological polar surface area (TPSA) is 131 Å². The summed E-state index contributed by atoms with van der Waals surface area (Å²) in [7, 11) is 0. The molecule has 0 radical (unpaired) electrons. The van der Waals surface area contributed by atoms with E-state index >= 15 is 0 Å². The van der Waals surface area contributed by atoms with Gasteiger partial charge in [-0.05, 0) is 51.3 Å². The number of unbranched alkanes of at least 4 members (excludes halogenated alkanes) is 6. The van der Waals surface area contributed by atoms with Gasteiger partial charge in [0, 0.05) is 6.54 Å². The van der Waals surface area contributed by atoms with Crippen molar-refractivity contribution >= 4 is 6.09 Å². The van der Waals surface area contributed by atoms with Gasteiger partial charge in [-0.2, -0.15) is 0 Å². The highest BCUT2D eigenvalue weighted by Crippen LogP contribution is 2.15. The van der Waals surface area contributed by atoms with Crippen molar-refractivity contribution in [2.45, 2.75) is 84.7 Å². The van der Waals surface area contributed by atoms with Crippen LogP contribution in [0.2, 0.25) is 0 Å². The molecule has 53 heavy (non-hydrogen) atoms. The Kier molecular flexibility index (Phi) is 34.1. The number of hydrogen-bond donors (Lipinski definition) is 1. The molecule has 0 spiro atoms. The summed E-state index contributed by atoms with van der Waals surface area (Å²) in [6, 6.07) is 8.44. The summed E-state index contributed by atoms with van der Waals surface area (Å²) in [5.74, 6) is 0.883. The first-order chi connectivity index (χ1) is 25.9. The number of benzene rings is 1. The number of alkyl carbamates (subject to hydrolysis) is 1. The van der Waals surface area contributed by atoms with Crippen molar-refractivity contribution in [1.29, 1.82) is 0 Å². The van der Waals surface area contributed by atoms with E-state index in [0.717, 1.165) is 12.2 Å². The molecule has 0 saturated heterocycles. The Hall–Kier alpha value is -2.07. The molecule has 0 atom stereocenters. The molecule has 1 aromatic rings. The molecule has 0 aliphatic heterocycles. The van der Waals surface area contributed by atoms with Gasteiger partial charge in [0.25, 0.3) is 0 Å². The molecule has 1 aromatic carbocycles. The second kappa shape index (κ2) is 36.9. The maximum absolute atomic E-state index is 11.5. The number of amides is 1. The molecule has 0 aliphatic rings. The largest absolute Gasteiger partial charge is 0.491 e. The highest BCUT2D eigenvalue weighted by molar-refractivity contribution is 5.67. The molecule has 13 heteroatoms. The van der Waals surface area contributed by atoms with Crippen molar-refractivity contribution in [1.82, 2.24) is 5.32 Å². The van der Waals surface area contributed by atoms with Crippen LogP contribution in [0.25, 0.3) is 0 Å². The van der Waals surface area contributed by atoms with Gasteiger partial charge in [0.1, 0.15) is 18.0 Å². The Morgan fingerprint density at radius 2 is 0.849 bits per heavy atom. The predicted molar refractivity (Wildman–Crippen MR) is 205 cm³/mol. The fourth-order valence-corrected chi connectivity index (χ4v) is 4.66.